The number of nitrogens with one attached hydrogen (secondary N) is 2. The maximum atomic E-state index is 12.9. The lowest BCUT2D eigenvalue weighted by atomic mass is 9.55. The molecule has 1 unspecified atom stereocenters. The quantitative estimate of drug-likeness (QED) is 0.503. The minimum Gasteiger partial charge on any atom is -0.508 e. The van der Waals surface area contributed by atoms with E-state index in [1.54, 1.807) is 12.1 Å². The molecule has 2 aromatic rings. The van der Waals surface area contributed by atoms with Crippen LogP contribution in [0, 0.1) is 18.8 Å². The molecule has 1 aliphatic heterocycles. The minimum atomic E-state index is -0.661. The maximum absolute atomic E-state index is 12.9. The van der Waals surface area contributed by atoms with E-state index in [-0.39, 0.29) is 29.2 Å². The third kappa shape index (κ3) is 4.35. The van der Waals surface area contributed by atoms with E-state index in [9.17, 15) is 19.5 Å². The molecule has 1 saturated carbocycles. The van der Waals surface area contributed by atoms with Gasteiger partial charge >= 0.3 is 0 Å². The fourth-order valence-electron chi connectivity index (χ4n) is 6.43. The molecule has 3 aliphatic rings. The van der Waals surface area contributed by atoms with Crippen molar-refractivity contribution in [2.24, 2.45) is 17.6 Å². The number of benzene rings is 1. The van der Waals surface area contributed by atoms with E-state index >= 15 is 0 Å². The van der Waals surface area contributed by atoms with Gasteiger partial charge in [-0.3, -0.25) is 14.4 Å². The summed E-state index contributed by atoms with van der Waals surface area (Å²) in [6, 6.07) is 7.61. The standard InChI is InChI=1S/C27H34N4O4/c1-15-3-6-19(32)11-21(15)27-7-8-31(14-17-4-5-17)16(2)22(27)10-18-9-20(25(34)29-13-24(28)33)26(35)30-23(18)12-27/h3,6,9,11,16-17,22,32H,4-5,7-8,10,12-14H2,1-2H3,(H2,28,33)(H,29,34)(H,30,35)/t16-,22+,27?/m1/s1. The van der Waals surface area contributed by atoms with Gasteiger partial charge in [-0.2, -0.15) is 0 Å². The summed E-state index contributed by atoms with van der Waals surface area (Å²) in [5.74, 6) is 0.0505. The molecule has 2 fully saturated rings. The van der Waals surface area contributed by atoms with E-state index in [0.717, 1.165) is 54.2 Å². The number of likely N-dealkylation sites (tertiary alicyclic amines) is 1. The molecule has 0 bridgehead atoms. The Kier molecular flexibility index (Phi) is 5.95. The molecule has 35 heavy (non-hydrogen) atoms. The summed E-state index contributed by atoms with van der Waals surface area (Å²) in [5, 5.41) is 12.8. The summed E-state index contributed by atoms with van der Waals surface area (Å²) in [5.41, 5.74) is 8.57. The Morgan fingerprint density at radius 2 is 2.06 bits per heavy atom. The van der Waals surface area contributed by atoms with Gasteiger partial charge < -0.3 is 26.0 Å². The number of aromatic hydroxyl groups is 1. The van der Waals surface area contributed by atoms with Gasteiger partial charge in [0.25, 0.3) is 11.5 Å². The molecule has 8 nitrogen and oxygen atoms in total. The average Bonchev–Trinajstić information content (AvgIpc) is 3.64. The zero-order chi connectivity index (χ0) is 24.9. The Morgan fingerprint density at radius 3 is 2.77 bits per heavy atom. The van der Waals surface area contributed by atoms with Crippen LogP contribution in [0.25, 0.3) is 0 Å². The molecule has 2 heterocycles. The van der Waals surface area contributed by atoms with Crippen LogP contribution in [0.1, 0.15) is 58.9 Å². The van der Waals surface area contributed by atoms with Crippen molar-refractivity contribution >= 4 is 11.8 Å². The second kappa shape index (κ2) is 8.82. The molecule has 5 N–H and O–H groups in total. The van der Waals surface area contributed by atoms with Crippen molar-refractivity contribution < 1.29 is 14.7 Å². The van der Waals surface area contributed by atoms with Gasteiger partial charge in [-0.15, -0.1) is 0 Å². The summed E-state index contributed by atoms with van der Waals surface area (Å²) >= 11 is 0. The lowest BCUT2D eigenvalue weighted by molar-refractivity contribution is -0.117. The molecule has 186 valence electrons. The number of rotatable bonds is 6. The second-order valence-corrected chi connectivity index (χ2v) is 10.7. The van der Waals surface area contributed by atoms with Gasteiger partial charge in [0.2, 0.25) is 5.91 Å². The van der Waals surface area contributed by atoms with Crippen molar-refractivity contribution in [2.45, 2.75) is 57.4 Å². The molecule has 0 spiro atoms. The molecule has 3 atom stereocenters. The summed E-state index contributed by atoms with van der Waals surface area (Å²) in [6.45, 7) is 6.18. The first-order chi connectivity index (χ1) is 16.7. The van der Waals surface area contributed by atoms with Crippen LogP contribution in [0.15, 0.2) is 29.1 Å². The second-order valence-electron chi connectivity index (χ2n) is 10.7. The third-order valence-corrected chi connectivity index (χ3v) is 8.48. The molecule has 1 saturated heterocycles. The zero-order valence-electron chi connectivity index (χ0n) is 20.4. The number of phenolic OH excluding ortho intramolecular Hbond substituents is 1. The number of pyridine rings is 1. The van der Waals surface area contributed by atoms with E-state index in [1.165, 1.54) is 12.8 Å². The van der Waals surface area contributed by atoms with Crippen molar-refractivity contribution in [1.82, 2.24) is 15.2 Å². The van der Waals surface area contributed by atoms with E-state index in [0.29, 0.717) is 12.5 Å². The predicted octanol–water partition coefficient (Wildman–Crippen LogP) is 1.76. The number of aromatic amines is 1. The van der Waals surface area contributed by atoms with Crippen molar-refractivity contribution in [1.29, 1.82) is 0 Å². The summed E-state index contributed by atoms with van der Waals surface area (Å²) < 4.78 is 0. The number of amides is 2. The molecule has 2 aliphatic carbocycles. The van der Waals surface area contributed by atoms with Gasteiger partial charge in [-0.05, 0) is 99.2 Å². The first-order valence-electron chi connectivity index (χ1n) is 12.5. The topological polar surface area (TPSA) is 129 Å². The number of aryl methyl sites for hydroxylation is 1. The number of aromatic nitrogens is 1. The number of fused-ring (bicyclic) bond motifs is 2. The van der Waals surface area contributed by atoms with Gasteiger partial charge in [0.15, 0.2) is 0 Å². The van der Waals surface area contributed by atoms with Crippen LogP contribution in [0.2, 0.25) is 0 Å². The minimum absolute atomic E-state index is 0.00401. The van der Waals surface area contributed by atoms with Crippen molar-refractivity contribution in [2.75, 3.05) is 19.6 Å². The molecule has 0 radical (unpaired) electrons. The summed E-state index contributed by atoms with van der Waals surface area (Å²) in [7, 11) is 0. The first kappa shape index (κ1) is 23.6. The van der Waals surface area contributed by atoms with Crippen molar-refractivity contribution in [3.8, 4) is 5.75 Å². The van der Waals surface area contributed by atoms with Crippen LogP contribution < -0.4 is 16.6 Å². The third-order valence-electron chi connectivity index (χ3n) is 8.48. The number of nitrogens with zero attached hydrogens (tertiary/aromatic N) is 1. The van der Waals surface area contributed by atoms with E-state index in [1.807, 2.05) is 12.1 Å². The van der Waals surface area contributed by atoms with Gasteiger partial charge in [-0.1, -0.05) is 6.07 Å². The number of piperidine rings is 1. The highest BCUT2D eigenvalue weighted by atomic mass is 16.3. The number of hydrogen-bond acceptors (Lipinski definition) is 5. The lowest BCUT2D eigenvalue weighted by Crippen LogP contribution is -2.59. The van der Waals surface area contributed by atoms with Gasteiger partial charge in [-0.25, -0.2) is 0 Å². The SMILES string of the molecule is Cc1ccc(O)cc1C12CCN(CC3CC3)[C@H](C)[C@@H]1Cc1cc(C(=O)NCC(N)=O)c(=O)[nH]c1C2. The molecular weight excluding hydrogens is 444 g/mol. The first-order valence-corrected chi connectivity index (χ1v) is 12.5. The Morgan fingerprint density at radius 1 is 1.29 bits per heavy atom. The number of carbonyl (C=O) groups excluding carboxylic acids is 2. The molecular formula is C27H34N4O4. The van der Waals surface area contributed by atoms with Crippen LogP contribution in [0.3, 0.4) is 0 Å². The van der Waals surface area contributed by atoms with Crippen LogP contribution in [-0.4, -0.2) is 52.5 Å². The van der Waals surface area contributed by atoms with Crippen molar-refractivity contribution in [3.63, 3.8) is 0 Å². The van der Waals surface area contributed by atoms with Crippen molar-refractivity contribution in [3.05, 3.63) is 62.6 Å². The highest BCUT2D eigenvalue weighted by Gasteiger charge is 2.51. The summed E-state index contributed by atoms with van der Waals surface area (Å²) in [4.78, 5) is 42.1. The highest BCUT2D eigenvalue weighted by Crippen LogP contribution is 2.51. The van der Waals surface area contributed by atoms with Crippen LogP contribution >= 0.6 is 0 Å². The van der Waals surface area contributed by atoms with E-state index in [4.69, 9.17) is 5.73 Å². The van der Waals surface area contributed by atoms with Crippen LogP contribution in [0.5, 0.6) is 5.75 Å². The highest BCUT2D eigenvalue weighted by molar-refractivity contribution is 5.96. The molecule has 8 heteroatoms. The van der Waals surface area contributed by atoms with Crippen LogP contribution in [0.4, 0.5) is 0 Å². The number of phenols is 1. The number of H-pyrrole nitrogens is 1. The molecule has 2 amide bonds. The maximum Gasteiger partial charge on any atom is 0.261 e. The van der Waals surface area contributed by atoms with E-state index < -0.39 is 17.4 Å². The number of primary amides is 1. The van der Waals surface area contributed by atoms with Crippen LogP contribution in [-0.2, 0) is 23.1 Å². The fraction of sp³-hybridized carbons (Fsp3) is 0.519. The number of hydrogen-bond donors (Lipinski definition) is 4. The number of carbonyl (C=O) groups is 2. The Bertz CT molecular complexity index is 1230. The van der Waals surface area contributed by atoms with Gasteiger partial charge in [0.1, 0.15) is 11.3 Å². The average molecular weight is 479 g/mol. The largest absolute Gasteiger partial charge is 0.508 e. The smallest absolute Gasteiger partial charge is 0.261 e. The zero-order valence-corrected chi connectivity index (χ0v) is 20.4. The Hall–Kier alpha value is -3.13. The number of nitrogens with two attached hydrogens (primary N) is 1. The Balaban J connectivity index is 1.56. The molecule has 5 rings (SSSR count). The fourth-order valence-corrected chi connectivity index (χ4v) is 6.43. The summed E-state index contributed by atoms with van der Waals surface area (Å²) in [6.07, 6.45) is 4.93. The van der Waals surface area contributed by atoms with E-state index in [2.05, 4.69) is 29.0 Å². The predicted molar refractivity (Wildman–Crippen MR) is 132 cm³/mol. The monoisotopic (exact) mass is 478 g/mol. The van der Waals surface area contributed by atoms with Gasteiger partial charge in [0, 0.05) is 23.7 Å². The van der Waals surface area contributed by atoms with Gasteiger partial charge in [0.05, 0.1) is 6.54 Å². The lowest BCUT2D eigenvalue weighted by Gasteiger charge is -2.55. The Labute approximate surface area is 204 Å². The normalized spacial score (nSPS) is 26.0. The molecule has 1 aromatic heterocycles. The molecule has 1 aromatic carbocycles.